The van der Waals surface area contributed by atoms with E-state index in [1.807, 2.05) is 18.2 Å². The van der Waals surface area contributed by atoms with E-state index in [0.29, 0.717) is 42.9 Å². The van der Waals surface area contributed by atoms with Crippen molar-refractivity contribution in [3.63, 3.8) is 0 Å². The monoisotopic (exact) mass is 402 g/mol. The van der Waals surface area contributed by atoms with Crippen molar-refractivity contribution >= 4 is 6.03 Å². The van der Waals surface area contributed by atoms with Crippen LogP contribution in [0.4, 0.5) is 4.79 Å². The number of benzene rings is 1. The van der Waals surface area contributed by atoms with E-state index in [2.05, 4.69) is 15.3 Å². The van der Waals surface area contributed by atoms with Crippen molar-refractivity contribution in [1.82, 2.24) is 20.2 Å². The van der Waals surface area contributed by atoms with Crippen LogP contribution in [-0.4, -0.2) is 61.4 Å². The van der Waals surface area contributed by atoms with E-state index in [4.69, 9.17) is 18.9 Å². The predicted molar refractivity (Wildman–Crippen MR) is 106 cm³/mol. The van der Waals surface area contributed by atoms with Gasteiger partial charge in [-0.1, -0.05) is 6.07 Å². The summed E-state index contributed by atoms with van der Waals surface area (Å²) < 4.78 is 21.5. The Hall–Kier alpha value is -3.23. The molecule has 1 aromatic carbocycles. The van der Waals surface area contributed by atoms with Gasteiger partial charge in [-0.05, 0) is 30.5 Å². The van der Waals surface area contributed by atoms with Crippen molar-refractivity contribution in [2.24, 2.45) is 0 Å². The number of methoxy groups -OCH3 is 3. The Kier molecular flexibility index (Phi) is 6.94. The first kappa shape index (κ1) is 20.5. The van der Waals surface area contributed by atoms with E-state index in [1.54, 1.807) is 25.3 Å². The van der Waals surface area contributed by atoms with Gasteiger partial charge in [0.25, 0.3) is 0 Å². The van der Waals surface area contributed by atoms with Gasteiger partial charge >= 0.3 is 6.03 Å². The highest BCUT2D eigenvalue weighted by atomic mass is 16.5. The van der Waals surface area contributed by atoms with Crippen LogP contribution in [-0.2, 0) is 6.54 Å². The Labute approximate surface area is 169 Å². The van der Waals surface area contributed by atoms with Gasteiger partial charge in [-0.15, -0.1) is 0 Å². The zero-order chi connectivity index (χ0) is 20.6. The average Bonchev–Trinajstić information content (AvgIpc) is 2.77. The number of aromatic nitrogens is 2. The van der Waals surface area contributed by atoms with Gasteiger partial charge in [0.2, 0.25) is 11.8 Å². The van der Waals surface area contributed by atoms with E-state index >= 15 is 0 Å². The quantitative estimate of drug-likeness (QED) is 0.759. The van der Waals surface area contributed by atoms with Crippen LogP contribution >= 0.6 is 0 Å². The number of nitrogens with zero attached hydrogens (tertiary/aromatic N) is 3. The number of likely N-dealkylation sites (tertiary alicyclic amines) is 1. The summed E-state index contributed by atoms with van der Waals surface area (Å²) in [6.07, 6.45) is 4.61. The third kappa shape index (κ3) is 5.40. The molecule has 0 saturated carbocycles. The molecule has 156 valence electrons. The molecule has 1 N–H and O–H groups in total. The van der Waals surface area contributed by atoms with Crippen LogP contribution in [0.25, 0.3) is 0 Å². The Morgan fingerprint density at radius 2 is 1.93 bits per heavy atom. The molecule has 3 rings (SSSR count). The molecule has 2 heterocycles. The van der Waals surface area contributed by atoms with Crippen LogP contribution < -0.4 is 24.3 Å². The molecule has 1 atom stereocenters. The maximum atomic E-state index is 12.6. The summed E-state index contributed by atoms with van der Waals surface area (Å²) in [4.78, 5) is 22.6. The molecule has 9 nitrogen and oxygen atoms in total. The summed E-state index contributed by atoms with van der Waals surface area (Å²) in [5.74, 6) is 2.06. The minimum Gasteiger partial charge on any atom is -0.493 e. The summed E-state index contributed by atoms with van der Waals surface area (Å²) in [5, 5.41) is 2.95. The number of urea groups is 1. The van der Waals surface area contributed by atoms with Gasteiger partial charge < -0.3 is 29.2 Å². The van der Waals surface area contributed by atoms with E-state index < -0.39 is 0 Å². The Balaban J connectivity index is 1.54. The first-order valence-corrected chi connectivity index (χ1v) is 9.39. The lowest BCUT2D eigenvalue weighted by Gasteiger charge is -2.32. The van der Waals surface area contributed by atoms with Crippen molar-refractivity contribution < 1.29 is 23.7 Å². The second-order valence-electron chi connectivity index (χ2n) is 6.58. The molecule has 0 bridgehead atoms. The molecule has 29 heavy (non-hydrogen) atoms. The SMILES string of the molecule is COc1cncc(OC2CCCN(C(=O)NCc3ccc(OC)c(OC)c3)C2)n1. The van der Waals surface area contributed by atoms with Gasteiger partial charge in [0.1, 0.15) is 6.10 Å². The number of hydrogen-bond donors (Lipinski definition) is 1. The molecule has 0 aliphatic carbocycles. The maximum absolute atomic E-state index is 12.6. The van der Waals surface area contributed by atoms with Crippen LogP contribution in [0.5, 0.6) is 23.3 Å². The van der Waals surface area contributed by atoms with Crippen molar-refractivity contribution in [2.75, 3.05) is 34.4 Å². The van der Waals surface area contributed by atoms with Gasteiger partial charge in [0, 0.05) is 13.1 Å². The fraction of sp³-hybridized carbons (Fsp3) is 0.450. The summed E-state index contributed by atoms with van der Waals surface area (Å²) >= 11 is 0. The van der Waals surface area contributed by atoms with Gasteiger partial charge in [-0.2, -0.15) is 4.98 Å². The van der Waals surface area contributed by atoms with Crippen LogP contribution in [0.2, 0.25) is 0 Å². The molecule has 0 radical (unpaired) electrons. The third-order valence-electron chi connectivity index (χ3n) is 4.64. The molecule has 1 unspecified atom stereocenters. The fourth-order valence-electron chi connectivity index (χ4n) is 3.16. The molecule has 1 aliphatic heterocycles. The number of carbonyl (C=O) groups excluding carboxylic acids is 1. The lowest BCUT2D eigenvalue weighted by Crippen LogP contribution is -2.48. The first-order chi connectivity index (χ1) is 14.1. The second kappa shape index (κ2) is 9.81. The van der Waals surface area contributed by atoms with E-state index in [9.17, 15) is 4.79 Å². The highest BCUT2D eigenvalue weighted by Gasteiger charge is 2.25. The van der Waals surface area contributed by atoms with Crippen molar-refractivity contribution in [2.45, 2.75) is 25.5 Å². The Morgan fingerprint density at radius 3 is 2.69 bits per heavy atom. The van der Waals surface area contributed by atoms with Crippen molar-refractivity contribution in [1.29, 1.82) is 0 Å². The number of nitrogens with one attached hydrogen (secondary N) is 1. The normalized spacial score (nSPS) is 16.1. The zero-order valence-corrected chi connectivity index (χ0v) is 16.9. The lowest BCUT2D eigenvalue weighted by atomic mass is 10.1. The first-order valence-electron chi connectivity index (χ1n) is 9.39. The molecule has 0 spiro atoms. The number of amides is 2. The topological polar surface area (TPSA) is 95.0 Å². The molecule has 1 saturated heterocycles. The lowest BCUT2D eigenvalue weighted by molar-refractivity contribution is 0.0968. The fourth-order valence-corrected chi connectivity index (χ4v) is 3.16. The van der Waals surface area contributed by atoms with Gasteiger partial charge in [-0.25, -0.2) is 4.79 Å². The molecule has 1 aromatic heterocycles. The smallest absolute Gasteiger partial charge is 0.317 e. The molecule has 2 aromatic rings. The number of rotatable bonds is 7. The van der Waals surface area contributed by atoms with Crippen LogP contribution in [0, 0.1) is 0 Å². The van der Waals surface area contributed by atoms with Gasteiger partial charge in [0.15, 0.2) is 11.5 Å². The second-order valence-corrected chi connectivity index (χ2v) is 6.58. The molecule has 2 amide bonds. The summed E-state index contributed by atoms with van der Waals surface area (Å²) in [6, 6.07) is 5.43. The third-order valence-corrected chi connectivity index (χ3v) is 4.64. The van der Waals surface area contributed by atoms with E-state index in [-0.39, 0.29) is 12.1 Å². The minimum absolute atomic E-state index is 0.134. The Morgan fingerprint density at radius 1 is 1.14 bits per heavy atom. The van der Waals surface area contributed by atoms with Crippen molar-refractivity contribution in [3.05, 3.63) is 36.2 Å². The van der Waals surface area contributed by atoms with Crippen molar-refractivity contribution in [3.8, 4) is 23.3 Å². The predicted octanol–water partition coefficient (Wildman–Crippen LogP) is 2.26. The van der Waals surface area contributed by atoms with Gasteiger partial charge in [-0.3, -0.25) is 4.98 Å². The van der Waals surface area contributed by atoms with Crippen LogP contribution in [0.1, 0.15) is 18.4 Å². The highest BCUT2D eigenvalue weighted by molar-refractivity contribution is 5.74. The summed E-state index contributed by atoms with van der Waals surface area (Å²) in [6.45, 7) is 1.56. The van der Waals surface area contributed by atoms with E-state index in [1.165, 1.54) is 13.3 Å². The molecule has 1 aliphatic rings. The number of hydrogen-bond acceptors (Lipinski definition) is 7. The molecular formula is C20H26N4O5. The average molecular weight is 402 g/mol. The number of piperidine rings is 1. The summed E-state index contributed by atoms with van der Waals surface area (Å²) in [5.41, 5.74) is 0.924. The summed E-state index contributed by atoms with van der Waals surface area (Å²) in [7, 11) is 4.70. The van der Waals surface area contributed by atoms with Crippen LogP contribution in [0.3, 0.4) is 0 Å². The largest absolute Gasteiger partial charge is 0.493 e. The maximum Gasteiger partial charge on any atom is 0.317 e. The van der Waals surface area contributed by atoms with E-state index in [0.717, 1.165) is 18.4 Å². The molecule has 9 heteroatoms. The Bertz CT molecular complexity index is 832. The number of carbonyl (C=O) groups is 1. The number of ether oxygens (including phenoxy) is 4. The van der Waals surface area contributed by atoms with Gasteiger partial charge in [0.05, 0.1) is 40.3 Å². The standard InChI is InChI=1S/C20H26N4O5/c1-26-16-7-6-14(9-17(16)27-2)10-22-20(25)24-8-4-5-15(13-24)29-19-12-21-11-18(23-19)28-3/h6-7,9,11-12,15H,4-5,8,10,13H2,1-3H3,(H,22,25). The van der Waals surface area contributed by atoms with Crippen LogP contribution in [0.15, 0.2) is 30.6 Å². The molecular weight excluding hydrogens is 376 g/mol. The molecule has 1 fully saturated rings. The highest BCUT2D eigenvalue weighted by Crippen LogP contribution is 2.27. The zero-order valence-electron chi connectivity index (χ0n) is 16.9. The minimum atomic E-state index is -0.142.